The number of hydrogen-bond acceptors (Lipinski definition) is 0. The predicted octanol–water partition coefficient (Wildman–Crippen LogP) is 12.3. The highest BCUT2D eigenvalue weighted by Gasteiger charge is 2.62. The Morgan fingerprint density at radius 1 is 0.500 bits per heavy atom. The van der Waals surface area contributed by atoms with Gasteiger partial charge in [-0.2, -0.15) is 0 Å². The molecule has 8 fully saturated rings. The van der Waals surface area contributed by atoms with Gasteiger partial charge in [0.1, 0.15) is 0 Å². The van der Waals surface area contributed by atoms with E-state index in [0.29, 0.717) is 10.3 Å². The minimum Gasteiger partial charge on any atom is -0.0894 e. The largest absolute Gasteiger partial charge is 0.0894 e. The molecule has 0 nitrogen and oxygen atoms in total. The van der Waals surface area contributed by atoms with Crippen LogP contribution >= 0.6 is 7.92 Å². The van der Waals surface area contributed by atoms with Gasteiger partial charge in [-0.15, -0.1) is 0 Å². The summed E-state index contributed by atoms with van der Waals surface area (Å²) in [5.74, 6) is 6.29. The molecule has 0 heterocycles. The maximum atomic E-state index is 2.75. The minimum absolute atomic E-state index is 0.0637. The van der Waals surface area contributed by atoms with E-state index in [-0.39, 0.29) is 18.8 Å². The summed E-state index contributed by atoms with van der Waals surface area (Å²) in [5.41, 5.74) is 7.44. The molecule has 3 aromatic carbocycles. The molecule has 1 heteroatoms. The molecular formula is C45H57P. The van der Waals surface area contributed by atoms with Gasteiger partial charge >= 0.3 is 0 Å². The fourth-order valence-electron chi connectivity index (χ4n) is 13.6. The molecule has 0 radical (unpaired) electrons. The lowest BCUT2D eigenvalue weighted by atomic mass is 9.55. The van der Waals surface area contributed by atoms with E-state index >= 15 is 0 Å². The van der Waals surface area contributed by atoms with Crippen LogP contribution < -0.4 is 0 Å². The van der Waals surface area contributed by atoms with Gasteiger partial charge in [-0.25, -0.2) is 0 Å². The summed E-state index contributed by atoms with van der Waals surface area (Å²) in [6, 6.07) is 30.6. The van der Waals surface area contributed by atoms with Gasteiger partial charge in [0.15, 0.2) is 0 Å². The Morgan fingerprint density at radius 2 is 0.870 bits per heavy atom. The van der Waals surface area contributed by atoms with E-state index in [9.17, 15) is 0 Å². The Hall–Kier alpha value is -1.91. The van der Waals surface area contributed by atoms with Crippen molar-refractivity contribution < 1.29 is 0 Å². The van der Waals surface area contributed by atoms with Crippen LogP contribution in [0, 0.1) is 35.5 Å². The second kappa shape index (κ2) is 10.8. The molecule has 8 bridgehead atoms. The molecule has 242 valence electrons. The van der Waals surface area contributed by atoms with Gasteiger partial charge in [0.05, 0.1) is 0 Å². The van der Waals surface area contributed by atoms with Gasteiger partial charge in [0.2, 0.25) is 0 Å². The third-order valence-electron chi connectivity index (χ3n) is 14.9. The molecule has 0 N–H and O–H groups in total. The maximum absolute atomic E-state index is 2.75. The Labute approximate surface area is 281 Å². The van der Waals surface area contributed by atoms with Gasteiger partial charge in [-0.05, 0) is 157 Å². The zero-order valence-corrected chi connectivity index (χ0v) is 30.0. The first-order valence-corrected chi connectivity index (χ1v) is 20.7. The molecular weight excluding hydrogens is 571 g/mol. The van der Waals surface area contributed by atoms with Crippen LogP contribution in [-0.4, -0.2) is 10.3 Å². The first kappa shape index (κ1) is 30.2. The fourth-order valence-corrected chi connectivity index (χ4v) is 18.7. The highest BCUT2D eigenvalue weighted by molar-refractivity contribution is 7.60. The van der Waals surface area contributed by atoms with Crippen molar-refractivity contribution in [2.45, 2.75) is 132 Å². The van der Waals surface area contributed by atoms with Crippen molar-refractivity contribution in [2.24, 2.45) is 35.5 Å². The number of hydrogen-bond donors (Lipinski definition) is 0. The molecule has 11 rings (SSSR count). The monoisotopic (exact) mass is 628 g/mol. The zero-order chi connectivity index (χ0) is 31.3. The summed E-state index contributed by atoms with van der Waals surface area (Å²) in [6.45, 7) is 9.90. The van der Waals surface area contributed by atoms with Crippen LogP contribution in [0.3, 0.4) is 0 Å². The lowest BCUT2D eigenvalue weighted by Crippen LogP contribution is -2.56. The summed E-state index contributed by atoms with van der Waals surface area (Å²) in [5, 5.41) is 1.35. The summed E-state index contributed by atoms with van der Waals surface area (Å²) in [6.07, 6.45) is 20.4. The van der Waals surface area contributed by atoms with Gasteiger partial charge in [-0.1, -0.05) is 114 Å². The first-order valence-electron chi connectivity index (χ1n) is 19.1. The zero-order valence-electron chi connectivity index (χ0n) is 29.1. The van der Waals surface area contributed by atoms with Crippen molar-refractivity contribution in [2.75, 3.05) is 0 Å². The van der Waals surface area contributed by atoms with Crippen molar-refractivity contribution in [3.8, 4) is 0 Å². The van der Waals surface area contributed by atoms with E-state index in [1.807, 2.05) is 0 Å². The van der Waals surface area contributed by atoms with Gasteiger partial charge < -0.3 is 0 Å². The van der Waals surface area contributed by atoms with Crippen LogP contribution in [0.4, 0.5) is 0 Å². The normalized spacial score (nSPS) is 36.7. The summed E-state index contributed by atoms with van der Waals surface area (Å²) >= 11 is 0. The molecule has 0 aromatic heterocycles. The molecule has 0 spiro atoms. The third kappa shape index (κ3) is 4.85. The van der Waals surface area contributed by atoms with Crippen LogP contribution in [0.1, 0.15) is 133 Å². The Morgan fingerprint density at radius 3 is 1.26 bits per heavy atom. The maximum Gasteiger partial charge on any atom is 0.0149 e. The minimum atomic E-state index is -0.0692. The topological polar surface area (TPSA) is 0 Å². The lowest BCUT2D eigenvalue weighted by Gasteiger charge is -2.67. The average molecular weight is 629 g/mol. The summed E-state index contributed by atoms with van der Waals surface area (Å²) in [4.78, 5) is 0. The van der Waals surface area contributed by atoms with Crippen LogP contribution in [0.5, 0.6) is 0 Å². The average Bonchev–Trinajstić information content (AvgIpc) is 3.03. The first-order chi connectivity index (χ1) is 22.1. The Bertz CT molecular complexity index is 1460. The fraction of sp³-hybridized carbons (Fsp3) is 0.600. The molecule has 8 saturated carbocycles. The molecule has 0 aliphatic heterocycles. The van der Waals surface area contributed by atoms with Gasteiger partial charge in [-0.3, -0.25) is 0 Å². The van der Waals surface area contributed by atoms with Crippen LogP contribution in [0.25, 0.3) is 0 Å². The smallest absolute Gasteiger partial charge is 0.0149 e. The molecule has 0 unspecified atom stereocenters. The SMILES string of the molecule is CC(C)(c1ccccc1)c1ccc(CP(C23CC4CC(CC(C4)C2)C3)C23CC4CC(CC(C4)C2)C3)cc1C(C)(C)c1ccccc1. The molecule has 0 atom stereocenters. The van der Waals surface area contributed by atoms with Crippen molar-refractivity contribution >= 4 is 7.92 Å². The van der Waals surface area contributed by atoms with Gasteiger partial charge in [0.25, 0.3) is 0 Å². The Balaban J connectivity index is 1.17. The number of rotatable bonds is 8. The van der Waals surface area contributed by atoms with Gasteiger partial charge in [0, 0.05) is 10.8 Å². The van der Waals surface area contributed by atoms with Crippen molar-refractivity contribution in [3.05, 3.63) is 107 Å². The molecule has 8 aliphatic carbocycles. The standard InChI is InChI=1S/C45H57P/c1-42(2,38-11-7-5-8-12-38)40-16-15-31(23-41(40)43(3,4)39-13-9-6-10-14-39)30-46(44-24-32-17-33(25-44)19-34(18-32)26-44)45-27-35-20-36(28-45)22-37(21-35)29-45/h5-16,23,32-37H,17-22,24-30H2,1-4H3. The molecule has 8 aliphatic rings. The van der Waals surface area contributed by atoms with E-state index in [4.69, 9.17) is 0 Å². The van der Waals surface area contributed by atoms with Crippen LogP contribution in [0.15, 0.2) is 78.9 Å². The van der Waals surface area contributed by atoms with Crippen molar-refractivity contribution in [1.29, 1.82) is 0 Å². The van der Waals surface area contributed by atoms with E-state index in [0.717, 1.165) is 35.5 Å². The summed E-state index contributed by atoms with van der Waals surface area (Å²) in [7, 11) is -0.0692. The quantitative estimate of drug-likeness (QED) is 0.218. The third-order valence-corrected chi connectivity index (χ3v) is 19.0. The van der Waals surface area contributed by atoms with E-state index in [1.54, 1.807) is 88.2 Å². The second-order valence-electron chi connectivity index (χ2n) is 18.7. The van der Waals surface area contributed by atoms with Crippen molar-refractivity contribution in [1.82, 2.24) is 0 Å². The predicted molar refractivity (Wildman–Crippen MR) is 196 cm³/mol. The van der Waals surface area contributed by atoms with E-state index in [2.05, 4.69) is 107 Å². The van der Waals surface area contributed by atoms with Crippen LogP contribution in [0.2, 0.25) is 0 Å². The molecule has 3 aromatic rings. The second-order valence-corrected chi connectivity index (χ2v) is 21.8. The highest BCUT2D eigenvalue weighted by atomic mass is 31.1. The Kier molecular flexibility index (Phi) is 7.08. The summed E-state index contributed by atoms with van der Waals surface area (Å²) < 4.78 is 0. The van der Waals surface area contributed by atoms with E-state index < -0.39 is 0 Å². The molecule has 0 saturated heterocycles. The van der Waals surface area contributed by atoms with E-state index in [1.165, 1.54) is 22.9 Å². The van der Waals surface area contributed by atoms with Crippen LogP contribution in [-0.2, 0) is 17.0 Å². The molecule has 0 amide bonds. The molecule has 46 heavy (non-hydrogen) atoms. The van der Waals surface area contributed by atoms with Crippen molar-refractivity contribution in [3.63, 3.8) is 0 Å². The number of benzene rings is 3. The highest BCUT2D eigenvalue weighted by Crippen LogP contribution is 2.79. The lowest BCUT2D eigenvalue weighted by molar-refractivity contribution is 0.0184.